The van der Waals surface area contributed by atoms with Gasteiger partial charge in [0.25, 0.3) is 5.91 Å². The fourth-order valence-corrected chi connectivity index (χ4v) is 2.23. The lowest BCUT2D eigenvalue weighted by molar-refractivity contribution is -0.0311. The van der Waals surface area contributed by atoms with Crippen LogP contribution in [0.15, 0.2) is 11.0 Å². The molecule has 0 bridgehead atoms. The Labute approximate surface area is 126 Å². The fraction of sp³-hybridized carbons (Fsp3) is 0.462. The molecule has 1 aromatic heterocycles. The van der Waals surface area contributed by atoms with E-state index >= 15 is 0 Å². The van der Waals surface area contributed by atoms with E-state index in [2.05, 4.69) is 0 Å². The molecular formula is C13H18N4O5. The first-order valence-electron chi connectivity index (χ1n) is 6.61. The number of likely N-dealkylation sites (N-methyl/N-ethyl adjacent to an activating group) is 1. The monoisotopic (exact) mass is 310 g/mol. The summed E-state index contributed by atoms with van der Waals surface area (Å²) in [4.78, 5) is 37.1. The van der Waals surface area contributed by atoms with E-state index in [0.717, 1.165) is 6.20 Å². The van der Waals surface area contributed by atoms with Crippen molar-refractivity contribution in [2.75, 3.05) is 34.2 Å². The number of nitrogens with zero attached hydrogens (tertiary/aromatic N) is 4. The van der Waals surface area contributed by atoms with Crippen LogP contribution >= 0.6 is 0 Å². The summed E-state index contributed by atoms with van der Waals surface area (Å²) in [6.07, 6.45) is 1.09. The summed E-state index contributed by atoms with van der Waals surface area (Å²) in [7, 11) is 5.33. The number of pyridine rings is 1. The van der Waals surface area contributed by atoms with Crippen LogP contribution in [0.3, 0.4) is 0 Å². The van der Waals surface area contributed by atoms with Crippen molar-refractivity contribution in [1.82, 2.24) is 19.5 Å². The molecule has 0 saturated heterocycles. The Morgan fingerprint density at radius 1 is 1.36 bits per heavy atom. The van der Waals surface area contributed by atoms with E-state index in [1.165, 1.54) is 16.6 Å². The van der Waals surface area contributed by atoms with Gasteiger partial charge < -0.3 is 19.7 Å². The molecule has 0 radical (unpaired) electrons. The lowest BCUT2D eigenvalue weighted by atomic mass is 10.2. The van der Waals surface area contributed by atoms with Crippen LogP contribution in [0.25, 0.3) is 0 Å². The summed E-state index contributed by atoms with van der Waals surface area (Å²) in [6, 6.07) is 0. The van der Waals surface area contributed by atoms with Crippen molar-refractivity contribution >= 4 is 11.9 Å². The number of aromatic nitrogens is 1. The molecule has 0 aliphatic carbocycles. The van der Waals surface area contributed by atoms with Gasteiger partial charge in [-0.15, -0.1) is 0 Å². The van der Waals surface area contributed by atoms with Crippen LogP contribution in [0.2, 0.25) is 0 Å². The zero-order valence-corrected chi connectivity index (χ0v) is 12.6. The van der Waals surface area contributed by atoms with Crippen LogP contribution in [0, 0.1) is 0 Å². The number of amides is 1. The molecule has 0 fully saturated rings. The Bertz CT molecular complexity index is 682. The van der Waals surface area contributed by atoms with Gasteiger partial charge in [0.05, 0.1) is 6.67 Å². The molecule has 120 valence electrons. The molecule has 1 aromatic rings. The maximum atomic E-state index is 12.3. The van der Waals surface area contributed by atoms with Gasteiger partial charge in [-0.2, -0.15) is 5.01 Å². The smallest absolute Gasteiger partial charge is 0.341 e. The van der Waals surface area contributed by atoms with Gasteiger partial charge in [0, 0.05) is 26.3 Å². The van der Waals surface area contributed by atoms with Crippen LogP contribution in [0.5, 0.6) is 5.75 Å². The van der Waals surface area contributed by atoms with Crippen molar-refractivity contribution in [2.45, 2.75) is 6.67 Å². The van der Waals surface area contributed by atoms with Crippen molar-refractivity contribution in [3.8, 4) is 5.75 Å². The third kappa shape index (κ3) is 2.68. The van der Waals surface area contributed by atoms with Gasteiger partial charge in [-0.05, 0) is 14.1 Å². The zero-order chi connectivity index (χ0) is 16.6. The van der Waals surface area contributed by atoms with Gasteiger partial charge in [-0.25, -0.2) is 4.79 Å². The highest BCUT2D eigenvalue weighted by Gasteiger charge is 2.32. The van der Waals surface area contributed by atoms with Crippen LogP contribution in [-0.2, 0) is 6.67 Å². The van der Waals surface area contributed by atoms with Crippen LogP contribution in [0.4, 0.5) is 0 Å². The van der Waals surface area contributed by atoms with Gasteiger partial charge in [0.2, 0.25) is 5.43 Å². The summed E-state index contributed by atoms with van der Waals surface area (Å²) in [5.41, 5.74) is -1.81. The van der Waals surface area contributed by atoms with Crippen LogP contribution in [0.1, 0.15) is 20.8 Å². The first-order valence-corrected chi connectivity index (χ1v) is 6.61. The third-order valence-electron chi connectivity index (χ3n) is 3.53. The Morgan fingerprint density at radius 2 is 2.00 bits per heavy atom. The van der Waals surface area contributed by atoms with Crippen molar-refractivity contribution in [3.05, 3.63) is 27.7 Å². The number of aromatic carboxylic acids is 1. The topological polar surface area (TPSA) is 106 Å². The molecule has 1 amide bonds. The van der Waals surface area contributed by atoms with Gasteiger partial charge in [0.15, 0.2) is 11.4 Å². The molecule has 1 aliphatic heterocycles. The summed E-state index contributed by atoms with van der Waals surface area (Å²) in [6.45, 7) is 1.38. The van der Waals surface area contributed by atoms with E-state index < -0.39 is 28.6 Å². The van der Waals surface area contributed by atoms with E-state index in [9.17, 15) is 19.5 Å². The summed E-state index contributed by atoms with van der Waals surface area (Å²) >= 11 is 0. The normalized spacial score (nSPS) is 15.3. The average molecular weight is 310 g/mol. The molecule has 0 unspecified atom stereocenters. The number of carboxylic acid groups (broad SMARTS) is 1. The second-order valence-corrected chi connectivity index (χ2v) is 5.35. The van der Waals surface area contributed by atoms with Gasteiger partial charge in [0.1, 0.15) is 5.56 Å². The summed E-state index contributed by atoms with van der Waals surface area (Å²) in [5, 5.41) is 21.9. The lowest BCUT2D eigenvalue weighted by Crippen LogP contribution is -2.52. The number of rotatable bonds is 4. The van der Waals surface area contributed by atoms with Crippen molar-refractivity contribution in [3.63, 3.8) is 0 Å². The second kappa shape index (κ2) is 5.78. The summed E-state index contributed by atoms with van der Waals surface area (Å²) < 4.78 is 1.29. The number of carbonyl (C=O) groups is 2. The predicted octanol–water partition coefficient (Wildman–Crippen LogP) is -0.926. The SMILES string of the molecule is CN(C)CCN1Cn2cc(C(=O)O)c(=O)c(O)c2C(=O)N1C. The number of carboxylic acids is 1. The summed E-state index contributed by atoms with van der Waals surface area (Å²) in [5.74, 6) is -2.83. The van der Waals surface area contributed by atoms with Gasteiger partial charge in [-0.3, -0.25) is 14.6 Å². The lowest BCUT2D eigenvalue weighted by Gasteiger charge is -2.38. The number of fused-ring (bicyclic) bond motifs is 1. The first-order chi connectivity index (χ1) is 10.2. The molecule has 1 aliphatic rings. The maximum absolute atomic E-state index is 12.3. The highest BCUT2D eigenvalue weighted by molar-refractivity contribution is 5.96. The molecule has 0 saturated carbocycles. The molecule has 2 rings (SSSR count). The van der Waals surface area contributed by atoms with E-state index in [-0.39, 0.29) is 12.4 Å². The Kier molecular flexibility index (Phi) is 4.20. The Morgan fingerprint density at radius 3 is 2.55 bits per heavy atom. The quantitative estimate of drug-likeness (QED) is 0.740. The van der Waals surface area contributed by atoms with Crippen LogP contribution in [-0.4, -0.2) is 75.8 Å². The van der Waals surface area contributed by atoms with Crippen molar-refractivity contribution in [1.29, 1.82) is 0 Å². The number of hydrogen-bond donors (Lipinski definition) is 2. The molecule has 0 aromatic carbocycles. The molecule has 2 heterocycles. The molecule has 9 nitrogen and oxygen atoms in total. The Hall–Kier alpha value is -2.39. The molecule has 9 heteroatoms. The second-order valence-electron chi connectivity index (χ2n) is 5.35. The third-order valence-corrected chi connectivity index (χ3v) is 3.53. The van der Waals surface area contributed by atoms with Gasteiger partial charge >= 0.3 is 5.97 Å². The highest BCUT2D eigenvalue weighted by atomic mass is 16.4. The minimum Gasteiger partial charge on any atom is -0.503 e. The average Bonchev–Trinajstić information content (AvgIpc) is 2.44. The minimum atomic E-state index is -1.44. The standard InChI is InChI=1S/C13H18N4O5/c1-14(2)4-5-17-7-16-6-8(13(21)22)10(18)11(19)9(16)12(20)15(17)3/h6,19H,4-5,7H2,1-3H3,(H,21,22). The number of carbonyl (C=O) groups excluding carboxylic acids is 1. The minimum absolute atomic E-state index is 0.166. The number of aromatic hydroxyl groups is 1. The predicted molar refractivity (Wildman–Crippen MR) is 76.7 cm³/mol. The van der Waals surface area contributed by atoms with E-state index in [1.54, 1.807) is 5.01 Å². The maximum Gasteiger partial charge on any atom is 0.341 e. The molecular weight excluding hydrogens is 292 g/mol. The van der Waals surface area contributed by atoms with Crippen LogP contribution < -0.4 is 5.43 Å². The zero-order valence-electron chi connectivity index (χ0n) is 12.6. The van der Waals surface area contributed by atoms with Crippen molar-refractivity contribution < 1.29 is 19.8 Å². The van der Waals surface area contributed by atoms with E-state index in [4.69, 9.17) is 5.11 Å². The van der Waals surface area contributed by atoms with Gasteiger partial charge in [-0.1, -0.05) is 0 Å². The molecule has 2 N–H and O–H groups in total. The largest absolute Gasteiger partial charge is 0.503 e. The van der Waals surface area contributed by atoms with E-state index in [0.29, 0.717) is 13.1 Å². The van der Waals surface area contributed by atoms with Crippen molar-refractivity contribution in [2.24, 2.45) is 0 Å². The molecule has 22 heavy (non-hydrogen) atoms. The molecule has 0 atom stereocenters. The molecule has 0 spiro atoms. The fourth-order valence-electron chi connectivity index (χ4n) is 2.23. The Balaban J connectivity index is 2.47. The first kappa shape index (κ1) is 16.0. The highest BCUT2D eigenvalue weighted by Crippen LogP contribution is 2.21. The number of hydrazine groups is 1. The van der Waals surface area contributed by atoms with E-state index in [1.807, 2.05) is 19.0 Å². The number of hydrogen-bond acceptors (Lipinski definition) is 6.